The van der Waals surface area contributed by atoms with Gasteiger partial charge in [-0.15, -0.1) is 0 Å². The van der Waals surface area contributed by atoms with Gasteiger partial charge < -0.3 is 20.9 Å². The average Bonchev–Trinajstić information content (AvgIpc) is 3.12. The van der Waals surface area contributed by atoms with Crippen LogP contribution in [0.2, 0.25) is 0 Å². The number of nitrogens with two attached hydrogens (primary N) is 1. The highest BCUT2D eigenvalue weighted by Gasteiger charge is 2.33. The van der Waals surface area contributed by atoms with E-state index in [-0.39, 0.29) is 12.3 Å². The molecule has 0 unspecified atom stereocenters. The molecule has 0 spiro atoms. The number of rotatable bonds is 6. The van der Waals surface area contributed by atoms with E-state index in [2.05, 4.69) is 10.4 Å². The Bertz CT molecular complexity index is 915. The summed E-state index contributed by atoms with van der Waals surface area (Å²) in [7, 11) is 0. The number of hydrogen-bond donors (Lipinski definition) is 3. The van der Waals surface area contributed by atoms with Crippen LogP contribution < -0.4 is 21.5 Å². The Morgan fingerprint density at radius 3 is 2.60 bits per heavy atom. The van der Waals surface area contributed by atoms with Crippen LogP contribution in [-0.2, 0) is 20.8 Å². The van der Waals surface area contributed by atoms with Gasteiger partial charge in [-0.1, -0.05) is 42.5 Å². The molecule has 1 aliphatic rings. The molecule has 1 fully saturated rings. The van der Waals surface area contributed by atoms with Gasteiger partial charge in [0.1, 0.15) is 6.04 Å². The van der Waals surface area contributed by atoms with Crippen LogP contribution in [0.4, 0.5) is 10.5 Å². The number of benzene rings is 2. The third-order valence-electron chi connectivity index (χ3n) is 4.66. The van der Waals surface area contributed by atoms with E-state index < -0.39 is 18.0 Å². The van der Waals surface area contributed by atoms with Crippen LogP contribution in [0.25, 0.3) is 0 Å². The van der Waals surface area contributed by atoms with E-state index in [1.54, 1.807) is 29.2 Å². The van der Waals surface area contributed by atoms with Gasteiger partial charge in [0.15, 0.2) is 0 Å². The lowest BCUT2D eigenvalue weighted by Gasteiger charge is -2.17. The molecule has 1 saturated heterocycles. The molecule has 0 bridgehead atoms. The second-order valence-corrected chi connectivity index (χ2v) is 6.74. The van der Waals surface area contributed by atoms with Crippen molar-refractivity contribution < 1.29 is 19.2 Å². The molecule has 156 valence electrons. The molecular weight excluding hydrogens is 386 g/mol. The van der Waals surface area contributed by atoms with Crippen molar-refractivity contribution in [3.05, 3.63) is 65.7 Å². The summed E-state index contributed by atoms with van der Waals surface area (Å²) in [5, 5.41) is 5.99. The molecule has 2 aromatic carbocycles. The SMILES string of the molecule is NN=Cc1ccc(N2CC[C@H](NC(=O)NOC(=O)CCc3ccccc3)C2=O)cc1. The van der Waals surface area contributed by atoms with Crippen LogP contribution in [0, 0.1) is 0 Å². The molecule has 2 aromatic rings. The van der Waals surface area contributed by atoms with E-state index in [9.17, 15) is 14.4 Å². The van der Waals surface area contributed by atoms with Crippen molar-refractivity contribution in [2.75, 3.05) is 11.4 Å². The van der Waals surface area contributed by atoms with Gasteiger partial charge in [-0.3, -0.25) is 4.79 Å². The maximum Gasteiger partial charge on any atom is 0.348 e. The van der Waals surface area contributed by atoms with Crippen molar-refractivity contribution in [2.45, 2.75) is 25.3 Å². The largest absolute Gasteiger partial charge is 0.348 e. The monoisotopic (exact) mass is 409 g/mol. The minimum absolute atomic E-state index is 0.130. The Kier molecular flexibility index (Phi) is 6.99. The number of aryl methyl sites for hydroxylation is 1. The summed E-state index contributed by atoms with van der Waals surface area (Å²) in [4.78, 5) is 42.7. The van der Waals surface area contributed by atoms with Crippen molar-refractivity contribution in [3.8, 4) is 0 Å². The van der Waals surface area contributed by atoms with Crippen molar-refractivity contribution in [1.29, 1.82) is 0 Å². The normalized spacial score (nSPS) is 15.9. The molecular formula is C21H23N5O4. The van der Waals surface area contributed by atoms with Crippen LogP contribution in [0.3, 0.4) is 0 Å². The van der Waals surface area contributed by atoms with Gasteiger partial charge in [-0.05, 0) is 36.1 Å². The van der Waals surface area contributed by atoms with Crippen LogP contribution in [0.1, 0.15) is 24.0 Å². The van der Waals surface area contributed by atoms with Gasteiger partial charge in [0, 0.05) is 12.2 Å². The number of hydroxylamine groups is 1. The second-order valence-electron chi connectivity index (χ2n) is 6.74. The fraction of sp³-hybridized carbons (Fsp3) is 0.238. The number of carbonyl (C=O) groups is 3. The van der Waals surface area contributed by atoms with Gasteiger partial charge in [0.25, 0.3) is 0 Å². The summed E-state index contributed by atoms with van der Waals surface area (Å²) in [5.74, 6) is 4.33. The highest BCUT2D eigenvalue weighted by molar-refractivity contribution is 6.01. The first-order valence-electron chi connectivity index (χ1n) is 9.51. The summed E-state index contributed by atoms with van der Waals surface area (Å²) in [6, 6.07) is 15.2. The zero-order valence-corrected chi connectivity index (χ0v) is 16.3. The number of carbonyl (C=O) groups excluding carboxylic acids is 3. The van der Waals surface area contributed by atoms with Crippen LogP contribution in [0.15, 0.2) is 59.7 Å². The van der Waals surface area contributed by atoms with Crippen molar-refractivity contribution in [2.24, 2.45) is 10.9 Å². The summed E-state index contributed by atoms with van der Waals surface area (Å²) in [5.41, 5.74) is 4.57. The number of hydrazone groups is 1. The maximum absolute atomic E-state index is 12.6. The molecule has 0 aromatic heterocycles. The van der Waals surface area contributed by atoms with Crippen molar-refractivity contribution in [3.63, 3.8) is 0 Å². The number of hydrogen-bond acceptors (Lipinski definition) is 6. The Morgan fingerprint density at radius 2 is 1.90 bits per heavy atom. The lowest BCUT2D eigenvalue weighted by atomic mass is 10.1. The highest BCUT2D eigenvalue weighted by Crippen LogP contribution is 2.21. The number of amides is 3. The van der Waals surface area contributed by atoms with Gasteiger partial charge in [-0.25, -0.2) is 9.59 Å². The van der Waals surface area contributed by atoms with Gasteiger partial charge in [0.2, 0.25) is 5.91 Å². The van der Waals surface area contributed by atoms with E-state index in [1.165, 1.54) is 6.21 Å². The first kappa shape index (κ1) is 20.8. The van der Waals surface area contributed by atoms with Crippen LogP contribution in [0.5, 0.6) is 0 Å². The number of urea groups is 1. The standard InChI is InChI=1S/C21H23N5O4/c22-23-14-16-6-9-17(10-7-16)26-13-12-18(20(26)28)24-21(29)25-30-19(27)11-8-15-4-2-1-3-5-15/h1-7,9-10,14,18H,8,11-13,22H2,(H2,24,25,29)/t18-/m0/s1. The Labute approximate surface area is 173 Å². The van der Waals surface area contributed by atoms with E-state index >= 15 is 0 Å². The molecule has 4 N–H and O–H groups in total. The van der Waals surface area contributed by atoms with Gasteiger partial charge in [0.05, 0.1) is 12.6 Å². The smallest absolute Gasteiger partial charge is 0.339 e. The highest BCUT2D eigenvalue weighted by atomic mass is 16.7. The van der Waals surface area contributed by atoms with E-state index in [4.69, 9.17) is 10.7 Å². The Balaban J connectivity index is 1.43. The first-order valence-corrected chi connectivity index (χ1v) is 9.51. The minimum Gasteiger partial charge on any atom is -0.339 e. The third-order valence-corrected chi connectivity index (χ3v) is 4.66. The minimum atomic E-state index is -0.738. The second kappa shape index (κ2) is 10.1. The third kappa shape index (κ3) is 5.57. The van der Waals surface area contributed by atoms with Crippen molar-refractivity contribution >= 4 is 29.8 Å². The summed E-state index contributed by atoms with van der Waals surface area (Å²) >= 11 is 0. The molecule has 3 rings (SSSR count). The van der Waals surface area contributed by atoms with Crippen molar-refractivity contribution in [1.82, 2.24) is 10.8 Å². The maximum atomic E-state index is 12.6. The number of nitrogens with one attached hydrogen (secondary N) is 2. The predicted molar refractivity (Wildman–Crippen MR) is 112 cm³/mol. The fourth-order valence-electron chi connectivity index (χ4n) is 3.13. The zero-order chi connectivity index (χ0) is 21.3. The Morgan fingerprint density at radius 1 is 1.17 bits per heavy atom. The molecule has 1 atom stereocenters. The van der Waals surface area contributed by atoms with Gasteiger partial charge in [-0.2, -0.15) is 10.6 Å². The topological polar surface area (TPSA) is 126 Å². The molecule has 1 heterocycles. The summed E-state index contributed by atoms with van der Waals surface area (Å²) in [6.07, 6.45) is 2.59. The van der Waals surface area contributed by atoms with Gasteiger partial charge >= 0.3 is 12.0 Å². The molecule has 3 amide bonds. The average molecular weight is 409 g/mol. The molecule has 9 nitrogen and oxygen atoms in total. The molecule has 0 aliphatic carbocycles. The molecule has 0 saturated carbocycles. The zero-order valence-electron chi connectivity index (χ0n) is 16.3. The lowest BCUT2D eigenvalue weighted by molar-refractivity contribution is -0.148. The first-order chi connectivity index (χ1) is 14.6. The van der Waals surface area contributed by atoms with E-state index in [1.807, 2.05) is 35.8 Å². The summed E-state index contributed by atoms with van der Waals surface area (Å²) < 4.78 is 0. The molecule has 0 radical (unpaired) electrons. The summed E-state index contributed by atoms with van der Waals surface area (Å²) in [6.45, 7) is 0.463. The van der Waals surface area contributed by atoms with Crippen LogP contribution >= 0.6 is 0 Å². The lowest BCUT2D eigenvalue weighted by Crippen LogP contribution is -2.46. The van der Waals surface area contributed by atoms with E-state index in [0.717, 1.165) is 11.1 Å². The molecule has 9 heteroatoms. The predicted octanol–water partition coefficient (Wildman–Crippen LogP) is 1.47. The van der Waals surface area contributed by atoms with Crippen LogP contribution in [-0.4, -0.2) is 36.7 Å². The quantitative estimate of drug-likeness (QED) is 0.378. The molecule has 30 heavy (non-hydrogen) atoms. The Hall–Kier alpha value is -3.88. The number of nitrogens with zero attached hydrogens (tertiary/aromatic N) is 2. The van der Waals surface area contributed by atoms with E-state index in [0.29, 0.717) is 25.1 Å². The fourth-order valence-corrected chi connectivity index (χ4v) is 3.13. The number of anilines is 1. The molecule has 1 aliphatic heterocycles.